The molecule has 1 aliphatic rings. The lowest BCUT2D eigenvalue weighted by Gasteiger charge is -2.36. The predicted octanol–water partition coefficient (Wildman–Crippen LogP) is 0.624. The zero-order valence-electron chi connectivity index (χ0n) is 16.6. The fraction of sp³-hybridized carbons (Fsp3) is 0.556. The van der Waals surface area contributed by atoms with Gasteiger partial charge >= 0.3 is 6.03 Å². The van der Waals surface area contributed by atoms with Crippen molar-refractivity contribution in [3.63, 3.8) is 0 Å². The van der Waals surface area contributed by atoms with E-state index in [-0.39, 0.29) is 24.0 Å². The minimum absolute atomic E-state index is 0.0742. The molecule has 9 nitrogen and oxygen atoms in total. The fourth-order valence-corrected chi connectivity index (χ4v) is 4.33. The van der Waals surface area contributed by atoms with E-state index in [1.807, 2.05) is 4.90 Å². The first kappa shape index (κ1) is 22.1. The Morgan fingerprint density at radius 1 is 1.04 bits per heavy atom. The molecular formula is C18H28N4O5S. The van der Waals surface area contributed by atoms with E-state index in [4.69, 9.17) is 4.74 Å². The first-order valence-corrected chi connectivity index (χ1v) is 10.6. The number of methoxy groups -OCH3 is 1. The molecule has 1 saturated heterocycles. The van der Waals surface area contributed by atoms with Gasteiger partial charge in [0.25, 0.3) is 0 Å². The number of piperazine rings is 1. The fourth-order valence-electron chi connectivity index (χ4n) is 2.91. The standard InChI is InChI=1S/C18H28N4O5S/c1-13(2)19-18(24)20-17(23)14(3)21-9-11-22(12-10-21)28(25,26)16-7-5-15(27-4)6-8-16/h5-8,13-14H,9-12H2,1-4H3,(H2,19,20,23,24)/t14-/m1/s1. The van der Waals surface area contributed by atoms with Gasteiger partial charge < -0.3 is 10.1 Å². The maximum Gasteiger partial charge on any atom is 0.321 e. The normalized spacial score (nSPS) is 17.2. The highest BCUT2D eigenvalue weighted by molar-refractivity contribution is 7.89. The molecule has 2 N–H and O–H groups in total. The molecule has 28 heavy (non-hydrogen) atoms. The first-order chi connectivity index (χ1) is 13.1. The molecule has 2 rings (SSSR count). The Morgan fingerprint density at radius 3 is 2.11 bits per heavy atom. The van der Waals surface area contributed by atoms with Crippen molar-refractivity contribution >= 4 is 22.0 Å². The monoisotopic (exact) mass is 412 g/mol. The van der Waals surface area contributed by atoms with E-state index < -0.39 is 28.0 Å². The number of ether oxygens (including phenoxy) is 1. The maximum atomic E-state index is 12.8. The average Bonchev–Trinajstić information content (AvgIpc) is 2.66. The highest BCUT2D eigenvalue weighted by Crippen LogP contribution is 2.21. The van der Waals surface area contributed by atoms with Crippen LogP contribution in [0.25, 0.3) is 0 Å². The molecule has 0 aliphatic carbocycles. The van der Waals surface area contributed by atoms with Gasteiger partial charge in [0, 0.05) is 32.2 Å². The molecule has 1 aromatic carbocycles. The number of hydrogen-bond donors (Lipinski definition) is 2. The van der Waals surface area contributed by atoms with E-state index in [1.165, 1.54) is 23.5 Å². The number of sulfonamides is 1. The van der Waals surface area contributed by atoms with Gasteiger partial charge in [-0.1, -0.05) is 0 Å². The summed E-state index contributed by atoms with van der Waals surface area (Å²) in [6, 6.07) is 5.11. The van der Waals surface area contributed by atoms with Crippen LogP contribution in [0.1, 0.15) is 20.8 Å². The molecule has 0 saturated carbocycles. The number of hydrogen-bond acceptors (Lipinski definition) is 6. The summed E-state index contributed by atoms with van der Waals surface area (Å²) in [4.78, 5) is 26.0. The molecule has 3 amide bonds. The van der Waals surface area contributed by atoms with Crippen LogP contribution in [0, 0.1) is 0 Å². The van der Waals surface area contributed by atoms with Crippen molar-refractivity contribution in [1.82, 2.24) is 19.8 Å². The highest BCUT2D eigenvalue weighted by atomic mass is 32.2. The number of carbonyl (C=O) groups is 2. The van der Waals surface area contributed by atoms with E-state index >= 15 is 0 Å². The van der Waals surface area contributed by atoms with E-state index in [1.54, 1.807) is 32.9 Å². The minimum Gasteiger partial charge on any atom is -0.497 e. The summed E-state index contributed by atoms with van der Waals surface area (Å²) < 4.78 is 32.0. The molecule has 0 bridgehead atoms. The number of benzene rings is 1. The average molecular weight is 413 g/mol. The summed E-state index contributed by atoms with van der Waals surface area (Å²) in [5.74, 6) is 0.176. The van der Waals surface area contributed by atoms with Crippen LogP contribution in [-0.4, -0.2) is 74.9 Å². The Morgan fingerprint density at radius 2 is 1.61 bits per heavy atom. The Hall–Kier alpha value is -2.17. The zero-order valence-corrected chi connectivity index (χ0v) is 17.5. The van der Waals surface area contributed by atoms with Crippen molar-refractivity contribution in [2.24, 2.45) is 0 Å². The topological polar surface area (TPSA) is 108 Å². The van der Waals surface area contributed by atoms with E-state index in [9.17, 15) is 18.0 Å². The SMILES string of the molecule is COc1ccc(S(=O)(=O)N2CCN([C@H](C)C(=O)NC(=O)NC(C)C)CC2)cc1. The van der Waals surface area contributed by atoms with Crippen LogP contribution in [0.3, 0.4) is 0 Å². The van der Waals surface area contributed by atoms with Gasteiger partial charge in [-0.2, -0.15) is 4.31 Å². The molecule has 0 spiro atoms. The van der Waals surface area contributed by atoms with Crippen LogP contribution >= 0.6 is 0 Å². The number of nitrogens with one attached hydrogen (secondary N) is 2. The summed E-state index contributed by atoms with van der Waals surface area (Å²) in [6.45, 7) is 6.64. The number of rotatable bonds is 6. The largest absolute Gasteiger partial charge is 0.497 e. The molecule has 1 heterocycles. The zero-order chi connectivity index (χ0) is 20.9. The molecular weight excluding hydrogens is 384 g/mol. The minimum atomic E-state index is -3.60. The summed E-state index contributed by atoms with van der Waals surface area (Å²) in [5.41, 5.74) is 0. The van der Waals surface area contributed by atoms with Crippen molar-refractivity contribution in [3.05, 3.63) is 24.3 Å². The third-order valence-electron chi connectivity index (χ3n) is 4.55. The number of urea groups is 1. The second-order valence-corrected chi connectivity index (χ2v) is 8.85. The van der Waals surface area contributed by atoms with Crippen LogP contribution in [0.15, 0.2) is 29.2 Å². The highest BCUT2D eigenvalue weighted by Gasteiger charge is 2.32. The second-order valence-electron chi connectivity index (χ2n) is 6.91. The van der Waals surface area contributed by atoms with Crippen molar-refractivity contribution in [3.8, 4) is 5.75 Å². The van der Waals surface area contributed by atoms with Crippen molar-refractivity contribution in [2.45, 2.75) is 37.8 Å². The van der Waals surface area contributed by atoms with E-state index in [0.717, 1.165) is 0 Å². The van der Waals surface area contributed by atoms with Gasteiger partial charge in [-0.15, -0.1) is 0 Å². The lowest BCUT2D eigenvalue weighted by Crippen LogP contribution is -2.56. The van der Waals surface area contributed by atoms with E-state index in [0.29, 0.717) is 18.8 Å². The molecule has 0 aromatic heterocycles. The lowest BCUT2D eigenvalue weighted by molar-refractivity contribution is -0.125. The quantitative estimate of drug-likeness (QED) is 0.709. The second kappa shape index (κ2) is 9.35. The molecule has 10 heteroatoms. The smallest absolute Gasteiger partial charge is 0.321 e. The van der Waals surface area contributed by atoms with Crippen LogP contribution in [0.2, 0.25) is 0 Å². The van der Waals surface area contributed by atoms with Gasteiger partial charge in [0.15, 0.2) is 0 Å². The molecule has 1 fully saturated rings. The third-order valence-corrected chi connectivity index (χ3v) is 6.47. The van der Waals surface area contributed by atoms with Crippen LogP contribution in [-0.2, 0) is 14.8 Å². The Labute approximate surface area is 166 Å². The van der Waals surface area contributed by atoms with Crippen LogP contribution in [0.4, 0.5) is 4.79 Å². The first-order valence-electron chi connectivity index (χ1n) is 9.14. The van der Waals surface area contributed by atoms with Gasteiger partial charge in [-0.05, 0) is 45.0 Å². The molecule has 0 radical (unpaired) electrons. The maximum absolute atomic E-state index is 12.8. The molecule has 1 atom stereocenters. The number of nitrogens with zero attached hydrogens (tertiary/aromatic N) is 2. The summed E-state index contributed by atoms with van der Waals surface area (Å²) in [7, 11) is -2.08. The van der Waals surface area contributed by atoms with Crippen LogP contribution in [0.5, 0.6) is 5.75 Å². The Kier molecular flexibility index (Phi) is 7.39. The number of amides is 3. The van der Waals surface area contributed by atoms with Gasteiger partial charge in [0.05, 0.1) is 18.0 Å². The molecule has 1 aromatic rings. The van der Waals surface area contributed by atoms with Gasteiger partial charge in [0.2, 0.25) is 15.9 Å². The van der Waals surface area contributed by atoms with Crippen molar-refractivity contribution in [1.29, 1.82) is 0 Å². The van der Waals surface area contributed by atoms with Crippen molar-refractivity contribution in [2.75, 3.05) is 33.3 Å². The van der Waals surface area contributed by atoms with E-state index in [2.05, 4.69) is 10.6 Å². The molecule has 0 unspecified atom stereocenters. The van der Waals surface area contributed by atoms with Gasteiger partial charge in [-0.3, -0.25) is 15.0 Å². The summed E-state index contributed by atoms with van der Waals surface area (Å²) >= 11 is 0. The Balaban J connectivity index is 1.93. The Bertz CT molecular complexity index is 787. The van der Waals surface area contributed by atoms with Gasteiger partial charge in [-0.25, -0.2) is 13.2 Å². The predicted molar refractivity (Wildman–Crippen MR) is 105 cm³/mol. The van der Waals surface area contributed by atoms with Gasteiger partial charge in [0.1, 0.15) is 5.75 Å². The lowest BCUT2D eigenvalue weighted by atomic mass is 10.2. The van der Waals surface area contributed by atoms with Crippen molar-refractivity contribution < 1.29 is 22.7 Å². The molecule has 1 aliphatic heterocycles. The number of imide groups is 1. The molecule has 156 valence electrons. The summed E-state index contributed by atoms with van der Waals surface area (Å²) in [5, 5.41) is 4.91. The summed E-state index contributed by atoms with van der Waals surface area (Å²) in [6.07, 6.45) is 0. The third kappa shape index (κ3) is 5.43. The number of carbonyl (C=O) groups excluding carboxylic acids is 2. The van der Waals surface area contributed by atoms with Crippen LogP contribution < -0.4 is 15.4 Å².